The van der Waals surface area contributed by atoms with E-state index in [9.17, 15) is 4.79 Å². The highest BCUT2D eigenvalue weighted by atomic mass is 16.6. The Kier molecular flexibility index (Phi) is 4.85. The number of ether oxygens (including phenoxy) is 1. The fourth-order valence-corrected chi connectivity index (χ4v) is 2.88. The third kappa shape index (κ3) is 4.26. The Hall–Kier alpha value is -1.49. The maximum atomic E-state index is 12.3. The Morgan fingerprint density at radius 3 is 2.50 bits per heavy atom. The predicted molar refractivity (Wildman–Crippen MR) is 87.7 cm³/mol. The predicted octanol–water partition coefficient (Wildman–Crippen LogP) is 2.85. The molecule has 0 spiro atoms. The average molecular weight is 307 g/mol. The standard InChI is InChI=1S/C17H29N3O2/c1-13-10-20(16(21)22-17(3,4)5)14(2)9-19(13)12-15-7-8-18(6)11-15/h7-8,11,13-14H,9-10,12H2,1-6H3/t13-,14-/m1/s1. The first kappa shape index (κ1) is 16.9. The van der Waals surface area contributed by atoms with Gasteiger partial charge in [0.1, 0.15) is 5.60 Å². The normalized spacial score (nSPS) is 23.6. The van der Waals surface area contributed by atoms with Crippen molar-refractivity contribution in [1.29, 1.82) is 0 Å². The van der Waals surface area contributed by atoms with Crippen molar-refractivity contribution in [1.82, 2.24) is 14.4 Å². The second kappa shape index (κ2) is 6.32. The van der Waals surface area contributed by atoms with Crippen LogP contribution in [0.15, 0.2) is 18.5 Å². The van der Waals surface area contributed by atoms with Gasteiger partial charge in [-0.3, -0.25) is 4.90 Å². The van der Waals surface area contributed by atoms with E-state index >= 15 is 0 Å². The second-order valence-electron chi connectivity index (χ2n) is 7.45. The molecule has 0 radical (unpaired) electrons. The zero-order valence-electron chi connectivity index (χ0n) is 14.7. The van der Waals surface area contributed by atoms with Gasteiger partial charge < -0.3 is 14.2 Å². The van der Waals surface area contributed by atoms with Crippen LogP contribution in [0, 0.1) is 0 Å². The summed E-state index contributed by atoms with van der Waals surface area (Å²) in [7, 11) is 2.04. The minimum atomic E-state index is -0.443. The summed E-state index contributed by atoms with van der Waals surface area (Å²) in [6, 6.07) is 2.64. The van der Waals surface area contributed by atoms with Crippen LogP contribution in [0.2, 0.25) is 0 Å². The van der Waals surface area contributed by atoms with E-state index in [2.05, 4.69) is 41.8 Å². The molecular formula is C17H29N3O2. The Balaban J connectivity index is 1.97. The maximum Gasteiger partial charge on any atom is 0.410 e. The highest BCUT2D eigenvalue weighted by Gasteiger charge is 2.34. The van der Waals surface area contributed by atoms with Crippen molar-refractivity contribution in [2.75, 3.05) is 13.1 Å². The largest absolute Gasteiger partial charge is 0.444 e. The molecule has 0 aliphatic carbocycles. The van der Waals surface area contributed by atoms with Gasteiger partial charge in [0, 0.05) is 51.2 Å². The number of aromatic nitrogens is 1. The van der Waals surface area contributed by atoms with E-state index in [0.717, 1.165) is 13.1 Å². The van der Waals surface area contributed by atoms with E-state index in [1.165, 1.54) is 5.56 Å². The summed E-state index contributed by atoms with van der Waals surface area (Å²) in [6.07, 6.45) is 4.02. The van der Waals surface area contributed by atoms with Gasteiger partial charge in [-0.2, -0.15) is 0 Å². The summed E-state index contributed by atoms with van der Waals surface area (Å²) < 4.78 is 7.59. The molecule has 5 heteroatoms. The molecule has 0 N–H and O–H groups in total. The summed E-state index contributed by atoms with van der Waals surface area (Å²) in [5, 5.41) is 0. The highest BCUT2D eigenvalue weighted by Crippen LogP contribution is 2.20. The molecule has 5 nitrogen and oxygen atoms in total. The van der Waals surface area contributed by atoms with Gasteiger partial charge in [-0.15, -0.1) is 0 Å². The van der Waals surface area contributed by atoms with Crippen LogP contribution >= 0.6 is 0 Å². The molecule has 1 aromatic rings. The lowest BCUT2D eigenvalue weighted by molar-refractivity contribution is -0.0117. The van der Waals surface area contributed by atoms with Gasteiger partial charge >= 0.3 is 6.09 Å². The zero-order chi connectivity index (χ0) is 16.5. The van der Waals surface area contributed by atoms with Crippen molar-refractivity contribution in [3.8, 4) is 0 Å². The number of carbonyl (C=O) groups is 1. The number of hydrogen-bond donors (Lipinski definition) is 0. The monoisotopic (exact) mass is 307 g/mol. The molecule has 1 fully saturated rings. The van der Waals surface area contributed by atoms with Gasteiger partial charge in [0.15, 0.2) is 0 Å². The molecule has 2 atom stereocenters. The van der Waals surface area contributed by atoms with Crippen molar-refractivity contribution < 1.29 is 9.53 Å². The zero-order valence-corrected chi connectivity index (χ0v) is 14.7. The van der Waals surface area contributed by atoms with E-state index in [-0.39, 0.29) is 12.1 Å². The Bertz CT molecular complexity index is 518. The van der Waals surface area contributed by atoms with Crippen LogP contribution in [0.25, 0.3) is 0 Å². The number of piperazine rings is 1. The van der Waals surface area contributed by atoms with Crippen molar-refractivity contribution in [3.05, 3.63) is 24.0 Å². The van der Waals surface area contributed by atoms with Crippen molar-refractivity contribution in [2.24, 2.45) is 7.05 Å². The van der Waals surface area contributed by atoms with E-state index in [0.29, 0.717) is 12.6 Å². The summed E-state index contributed by atoms with van der Waals surface area (Å²) in [6.45, 7) is 12.5. The van der Waals surface area contributed by atoms with E-state index in [1.54, 1.807) is 0 Å². The van der Waals surface area contributed by atoms with E-state index in [1.807, 2.05) is 32.7 Å². The smallest absolute Gasteiger partial charge is 0.410 e. The third-order valence-electron chi connectivity index (χ3n) is 4.02. The Labute approximate surface area is 133 Å². The lowest BCUT2D eigenvalue weighted by Gasteiger charge is -2.44. The number of nitrogens with zero attached hydrogens (tertiary/aromatic N) is 3. The Morgan fingerprint density at radius 1 is 1.27 bits per heavy atom. The number of aryl methyl sites for hydroxylation is 1. The second-order valence-corrected chi connectivity index (χ2v) is 7.45. The minimum absolute atomic E-state index is 0.162. The molecule has 1 aromatic heterocycles. The molecule has 22 heavy (non-hydrogen) atoms. The van der Waals surface area contributed by atoms with Crippen LogP contribution in [0.3, 0.4) is 0 Å². The highest BCUT2D eigenvalue weighted by molar-refractivity contribution is 5.68. The molecule has 1 amide bonds. The SMILES string of the molecule is C[C@@H]1CN(C(=O)OC(C)(C)C)[C@H](C)CN1Cc1ccn(C)c1. The van der Waals surface area contributed by atoms with Gasteiger partial charge in [-0.05, 0) is 46.2 Å². The first-order chi connectivity index (χ1) is 10.2. The summed E-state index contributed by atoms with van der Waals surface area (Å²) >= 11 is 0. The summed E-state index contributed by atoms with van der Waals surface area (Å²) in [5.74, 6) is 0. The molecule has 1 aliphatic heterocycles. The number of carbonyl (C=O) groups excluding carboxylic acids is 1. The first-order valence-corrected chi connectivity index (χ1v) is 8.00. The third-order valence-corrected chi connectivity index (χ3v) is 4.02. The molecule has 0 aromatic carbocycles. The number of amides is 1. The first-order valence-electron chi connectivity index (χ1n) is 8.00. The molecule has 0 bridgehead atoms. The van der Waals surface area contributed by atoms with E-state index < -0.39 is 5.60 Å². The van der Waals surface area contributed by atoms with Gasteiger partial charge in [0.25, 0.3) is 0 Å². The van der Waals surface area contributed by atoms with E-state index in [4.69, 9.17) is 4.74 Å². The molecule has 0 unspecified atom stereocenters. The van der Waals surface area contributed by atoms with Gasteiger partial charge in [0.2, 0.25) is 0 Å². The lowest BCUT2D eigenvalue weighted by Crippen LogP contribution is -2.58. The van der Waals surface area contributed by atoms with Crippen LogP contribution < -0.4 is 0 Å². The van der Waals surface area contributed by atoms with Gasteiger partial charge in [0.05, 0.1) is 0 Å². The molecule has 1 aliphatic rings. The van der Waals surface area contributed by atoms with Crippen LogP contribution in [-0.2, 0) is 18.3 Å². The molecule has 2 heterocycles. The number of rotatable bonds is 2. The van der Waals surface area contributed by atoms with Crippen LogP contribution in [0.5, 0.6) is 0 Å². The fraction of sp³-hybridized carbons (Fsp3) is 0.706. The molecule has 2 rings (SSSR count). The maximum absolute atomic E-state index is 12.3. The lowest BCUT2D eigenvalue weighted by atomic mass is 10.1. The molecule has 0 saturated carbocycles. The quantitative estimate of drug-likeness (QED) is 0.843. The molecule has 124 valence electrons. The fourth-order valence-electron chi connectivity index (χ4n) is 2.88. The van der Waals surface area contributed by atoms with Crippen LogP contribution in [0.4, 0.5) is 4.79 Å². The average Bonchev–Trinajstić information content (AvgIpc) is 2.76. The van der Waals surface area contributed by atoms with Crippen molar-refractivity contribution in [3.63, 3.8) is 0 Å². The number of hydrogen-bond acceptors (Lipinski definition) is 3. The molecule has 1 saturated heterocycles. The van der Waals surface area contributed by atoms with Gasteiger partial charge in [-0.25, -0.2) is 4.79 Å². The van der Waals surface area contributed by atoms with Crippen molar-refractivity contribution in [2.45, 2.75) is 58.8 Å². The summed E-state index contributed by atoms with van der Waals surface area (Å²) in [5.41, 5.74) is 0.869. The topological polar surface area (TPSA) is 37.7 Å². The summed E-state index contributed by atoms with van der Waals surface area (Å²) in [4.78, 5) is 16.6. The van der Waals surface area contributed by atoms with Crippen molar-refractivity contribution >= 4 is 6.09 Å². The van der Waals surface area contributed by atoms with Crippen LogP contribution in [0.1, 0.15) is 40.2 Å². The van der Waals surface area contributed by atoms with Crippen LogP contribution in [-0.4, -0.2) is 51.2 Å². The minimum Gasteiger partial charge on any atom is -0.444 e. The Morgan fingerprint density at radius 2 is 1.95 bits per heavy atom. The molecular weight excluding hydrogens is 278 g/mol. The van der Waals surface area contributed by atoms with Gasteiger partial charge in [-0.1, -0.05) is 0 Å².